The summed E-state index contributed by atoms with van der Waals surface area (Å²) in [6.45, 7) is 5.67. The molecule has 1 fully saturated rings. The van der Waals surface area contributed by atoms with Gasteiger partial charge in [0.1, 0.15) is 20.3 Å². The van der Waals surface area contributed by atoms with Crippen molar-refractivity contribution in [1.82, 2.24) is 4.90 Å². The van der Waals surface area contributed by atoms with E-state index in [-0.39, 0.29) is 0 Å². The lowest BCUT2D eigenvalue weighted by molar-refractivity contribution is -0.197. The number of nitrogens with zero attached hydrogens (tertiary/aromatic N) is 1. The summed E-state index contributed by atoms with van der Waals surface area (Å²) in [5.74, 6) is 0. The Kier molecular flexibility index (Phi) is 6.05. The zero-order chi connectivity index (χ0) is 10.2. The Labute approximate surface area is 84.9 Å². The van der Waals surface area contributed by atoms with E-state index in [1.807, 2.05) is 0 Å². The maximum Gasteiger partial charge on any atom is 0.150 e. The van der Waals surface area contributed by atoms with E-state index in [0.717, 1.165) is 0 Å². The summed E-state index contributed by atoms with van der Waals surface area (Å²) >= 11 is 0. The van der Waals surface area contributed by atoms with Crippen LogP contribution in [0, 0.1) is 0 Å². The molecular formula is C9H19NO4. The number of hydrogen-bond acceptors (Lipinski definition) is 5. The smallest absolute Gasteiger partial charge is 0.150 e. The summed E-state index contributed by atoms with van der Waals surface area (Å²) in [6.07, 6.45) is 0. The molecule has 0 N–H and O–H groups in total. The van der Waals surface area contributed by atoms with Crippen molar-refractivity contribution in [3.63, 3.8) is 0 Å². The molecule has 0 aromatic heterocycles. The van der Waals surface area contributed by atoms with Gasteiger partial charge in [0.05, 0.1) is 19.8 Å². The molecule has 14 heavy (non-hydrogen) atoms. The van der Waals surface area contributed by atoms with Crippen molar-refractivity contribution in [1.29, 1.82) is 0 Å². The first-order chi connectivity index (χ1) is 6.84. The standard InChI is InChI=1S/C9H19NO4/c1-9(5-12-4-3-11-2)10-6-13-8-14-7-10/h9H,3-8H2,1-2H3. The maximum atomic E-state index is 5.41. The van der Waals surface area contributed by atoms with Gasteiger partial charge in [-0.15, -0.1) is 0 Å². The lowest BCUT2D eigenvalue weighted by atomic mass is 10.3. The van der Waals surface area contributed by atoms with Crippen LogP contribution in [0.25, 0.3) is 0 Å². The van der Waals surface area contributed by atoms with Gasteiger partial charge in [0.15, 0.2) is 0 Å². The largest absolute Gasteiger partial charge is 0.382 e. The third-order valence-corrected chi connectivity index (χ3v) is 2.10. The van der Waals surface area contributed by atoms with E-state index in [2.05, 4.69) is 11.8 Å². The van der Waals surface area contributed by atoms with Gasteiger partial charge in [-0.3, -0.25) is 4.90 Å². The third-order valence-electron chi connectivity index (χ3n) is 2.10. The van der Waals surface area contributed by atoms with Gasteiger partial charge in [-0.1, -0.05) is 0 Å². The van der Waals surface area contributed by atoms with Gasteiger partial charge >= 0.3 is 0 Å². The molecule has 0 aromatic rings. The molecule has 0 radical (unpaired) electrons. The third kappa shape index (κ3) is 4.34. The molecule has 0 saturated carbocycles. The van der Waals surface area contributed by atoms with Crippen LogP contribution in [-0.2, 0) is 18.9 Å². The summed E-state index contributed by atoms with van der Waals surface area (Å²) in [4.78, 5) is 2.08. The van der Waals surface area contributed by atoms with Crippen LogP contribution in [0.1, 0.15) is 6.92 Å². The van der Waals surface area contributed by atoms with E-state index in [0.29, 0.717) is 46.1 Å². The van der Waals surface area contributed by atoms with Crippen LogP contribution in [0.4, 0.5) is 0 Å². The number of methoxy groups -OCH3 is 1. The van der Waals surface area contributed by atoms with Crippen molar-refractivity contribution in [2.24, 2.45) is 0 Å². The van der Waals surface area contributed by atoms with Gasteiger partial charge in [0, 0.05) is 13.2 Å². The first-order valence-corrected chi connectivity index (χ1v) is 4.81. The molecule has 1 aliphatic rings. The molecule has 5 nitrogen and oxygen atoms in total. The van der Waals surface area contributed by atoms with Crippen molar-refractivity contribution >= 4 is 0 Å². The highest BCUT2D eigenvalue weighted by atomic mass is 16.7. The molecule has 1 rings (SSSR count). The topological polar surface area (TPSA) is 40.2 Å². The second kappa shape index (κ2) is 7.14. The normalized spacial score (nSPS) is 21.0. The minimum atomic E-state index is 0.312. The van der Waals surface area contributed by atoms with E-state index in [9.17, 15) is 0 Å². The van der Waals surface area contributed by atoms with Crippen molar-refractivity contribution in [3.8, 4) is 0 Å². The second-order valence-corrected chi connectivity index (χ2v) is 3.29. The lowest BCUT2D eigenvalue weighted by Gasteiger charge is -2.31. The van der Waals surface area contributed by atoms with Gasteiger partial charge in [-0.25, -0.2) is 0 Å². The van der Waals surface area contributed by atoms with E-state index in [1.54, 1.807) is 7.11 Å². The van der Waals surface area contributed by atoms with E-state index >= 15 is 0 Å². The molecule has 1 heterocycles. The molecule has 1 saturated heterocycles. The van der Waals surface area contributed by atoms with Crippen LogP contribution in [0.5, 0.6) is 0 Å². The van der Waals surface area contributed by atoms with Gasteiger partial charge in [0.2, 0.25) is 0 Å². The zero-order valence-corrected chi connectivity index (χ0v) is 8.90. The summed E-state index contributed by atoms with van der Waals surface area (Å²) in [5, 5.41) is 0. The Morgan fingerprint density at radius 3 is 2.64 bits per heavy atom. The van der Waals surface area contributed by atoms with Crippen molar-refractivity contribution < 1.29 is 18.9 Å². The molecule has 1 unspecified atom stereocenters. The molecule has 84 valence electrons. The number of hydrogen-bond donors (Lipinski definition) is 0. The fourth-order valence-corrected chi connectivity index (χ4v) is 1.16. The average molecular weight is 205 g/mol. The lowest BCUT2D eigenvalue weighted by Crippen LogP contribution is -2.43. The number of rotatable bonds is 6. The summed E-state index contributed by atoms with van der Waals surface area (Å²) in [5.41, 5.74) is 0. The van der Waals surface area contributed by atoms with Gasteiger partial charge < -0.3 is 18.9 Å². The average Bonchev–Trinajstić information content (AvgIpc) is 2.25. The van der Waals surface area contributed by atoms with Gasteiger partial charge in [0.25, 0.3) is 0 Å². The van der Waals surface area contributed by atoms with Crippen molar-refractivity contribution in [2.75, 3.05) is 47.2 Å². The van der Waals surface area contributed by atoms with Crippen LogP contribution in [0.3, 0.4) is 0 Å². The van der Waals surface area contributed by atoms with Crippen molar-refractivity contribution in [2.45, 2.75) is 13.0 Å². The molecule has 0 aromatic carbocycles. The Morgan fingerprint density at radius 1 is 1.29 bits per heavy atom. The quantitative estimate of drug-likeness (QED) is 0.582. The Balaban J connectivity index is 2.04. The predicted octanol–water partition coefficient (Wildman–Crippen LogP) is 0.259. The fraction of sp³-hybridized carbons (Fsp3) is 1.00. The SMILES string of the molecule is COCCOCC(C)N1COCOC1. The molecule has 1 atom stereocenters. The van der Waals surface area contributed by atoms with Crippen LogP contribution in [0.15, 0.2) is 0 Å². The van der Waals surface area contributed by atoms with E-state index in [4.69, 9.17) is 18.9 Å². The minimum absolute atomic E-state index is 0.312. The summed E-state index contributed by atoms with van der Waals surface area (Å²) in [6, 6.07) is 0.312. The van der Waals surface area contributed by atoms with E-state index in [1.165, 1.54) is 0 Å². The molecule has 0 spiro atoms. The van der Waals surface area contributed by atoms with Crippen LogP contribution >= 0.6 is 0 Å². The molecular weight excluding hydrogens is 186 g/mol. The highest BCUT2D eigenvalue weighted by Crippen LogP contribution is 2.04. The highest BCUT2D eigenvalue weighted by molar-refractivity contribution is 4.61. The maximum absolute atomic E-state index is 5.41. The van der Waals surface area contributed by atoms with Gasteiger partial charge in [-0.2, -0.15) is 0 Å². The zero-order valence-electron chi connectivity index (χ0n) is 8.90. The van der Waals surface area contributed by atoms with Crippen molar-refractivity contribution in [3.05, 3.63) is 0 Å². The predicted molar refractivity (Wildman–Crippen MR) is 50.8 cm³/mol. The molecule has 0 bridgehead atoms. The first kappa shape index (κ1) is 11.9. The summed E-state index contributed by atoms with van der Waals surface area (Å²) in [7, 11) is 1.67. The van der Waals surface area contributed by atoms with Gasteiger partial charge in [-0.05, 0) is 6.92 Å². The van der Waals surface area contributed by atoms with Crippen LogP contribution < -0.4 is 0 Å². The molecule has 0 amide bonds. The van der Waals surface area contributed by atoms with E-state index < -0.39 is 0 Å². The minimum Gasteiger partial charge on any atom is -0.382 e. The fourth-order valence-electron chi connectivity index (χ4n) is 1.16. The second-order valence-electron chi connectivity index (χ2n) is 3.29. The molecule has 0 aliphatic carbocycles. The molecule has 5 heteroatoms. The Morgan fingerprint density at radius 2 is 2.00 bits per heavy atom. The monoisotopic (exact) mass is 205 g/mol. The Hall–Kier alpha value is -0.200. The molecule has 1 aliphatic heterocycles. The van der Waals surface area contributed by atoms with Crippen LogP contribution in [0.2, 0.25) is 0 Å². The Bertz CT molecular complexity index is 139. The highest BCUT2D eigenvalue weighted by Gasteiger charge is 2.17. The van der Waals surface area contributed by atoms with Crippen LogP contribution in [-0.4, -0.2) is 58.1 Å². The first-order valence-electron chi connectivity index (χ1n) is 4.81. The number of ether oxygens (including phenoxy) is 4. The summed E-state index contributed by atoms with van der Waals surface area (Å²) < 4.78 is 20.6.